The maximum Gasteiger partial charge on any atom is 0.416 e. The number of aromatic nitrogens is 4. The summed E-state index contributed by atoms with van der Waals surface area (Å²) in [6.45, 7) is 10.9. The molecule has 3 aromatic heterocycles. The van der Waals surface area contributed by atoms with E-state index in [-0.39, 0.29) is 57.6 Å². The fraction of sp³-hybridized carbons (Fsp3) is 0.367. The number of imide groups is 1. The Morgan fingerprint density at radius 1 is 0.594 bits per heavy atom. The number of H-pyrrole nitrogens is 2. The molecule has 2 N–H and O–H groups in total. The fourth-order valence-electron chi connectivity index (χ4n) is 9.50. The number of carbonyl (C=O) groups is 2. The van der Waals surface area contributed by atoms with Crippen LogP contribution in [-0.2, 0) is 37.8 Å². The molecule has 364 valence electrons. The largest absolute Gasteiger partial charge is 0.416 e. The normalized spacial score (nSPS) is 19.2. The second kappa shape index (κ2) is 16.9. The Bertz CT molecular complexity index is 3090. The van der Waals surface area contributed by atoms with Crippen LogP contribution in [0.15, 0.2) is 59.6 Å². The van der Waals surface area contributed by atoms with Gasteiger partial charge in [-0.3, -0.25) is 29.4 Å². The van der Waals surface area contributed by atoms with Crippen LogP contribution >= 0.6 is 0 Å². The number of benzene rings is 2. The van der Waals surface area contributed by atoms with Crippen molar-refractivity contribution < 1.29 is 62.3 Å². The molecular formula is C49H42F12N6O2. The topological polar surface area (TPSA) is 107 Å². The monoisotopic (exact) mass is 974 g/mol. The number of aliphatic imine (C=N–C) groups is 1. The molecule has 69 heavy (non-hydrogen) atoms. The van der Waals surface area contributed by atoms with Gasteiger partial charge in [0.25, 0.3) is 11.8 Å². The van der Waals surface area contributed by atoms with Crippen molar-refractivity contribution in [2.75, 3.05) is 0 Å². The van der Waals surface area contributed by atoms with Gasteiger partial charge in [0.2, 0.25) is 0 Å². The summed E-state index contributed by atoms with van der Waals surface area (Å²) in [4.78, 5) is 50.9. The number of nitrogens with one attached hydrogen (secondary N) is 2. The number of fused-ring (bicyclic) bond motifs is 8. The Morgan fingerprint density at radius 3 is 1.61 bits per heavy atom. The van der Waals surface area contributed by atoms with Crippen LogP contribution in [0, 0.1) is 13.8 Å². The smallest absolute Gasteiger partial charge is 0.355 e. The summed E-state index contributed by atoms with van der Waals surface area (Å²) in [7, 11) is 0. The van der Waals surface area contributed by atoms with Crippen molar-refractivity contribution in [2.45, 2.75) is 116 Å². The molecule has 0 aliphatic carbocycles. The van der Waals surface area contributed by atoms with E-state index < -0.39 is 89.3 Å². The molecule has 0 saturated heterocycles. The van der Waals surface area contributed by atoms with Gasteiger partial charge in [-0.15, -0.1) is 0 Å². The molecule has 8 bridgehead atoms. The molecule has 0 spiro atoms. The highest BCUT2D eigenvalue weighted by atomic mass is 19.4. The Morgan fingerprint density at radius 2 is 1.07 bits per heavy atom. The molecule has 0 fully saturated rings. The van der Waals surface area contributed by atoms with Gasteiger partial charge in [-0.1, -0.05) is 27.7 Å². The third-order valence-electron chi connectivity index (χ3n) is 13.4. The Kier molecular flexibility index (Phi) is 12.0. The summed E-state index contributed by atoms with van der Waals surface area (Å²) < 4.78 is 166. The summed E-state index contributed by atoms with van der Waals surface area (Å²) >= 11 is 0. The number of aryl methyl sites for hydroxylation is 2. The van der Waals surface area contributed by atoms with Crippen LogP contribution in [0.4, 0.5) is 52.7 Å². The van der Waals surface area contributed by atoms with Crippen LogP contribution in [0.1, 0.15) is 158 Å². The molecule has 3 aliphatic heterocycles. The van der Waals surface area contributed by atoms with Crippen molar-refractivity contribution in [1.82, 2.24) is 24.8 Å². The lowest BCUT2D eigenvalue weighted by atomic mass is 9.88. The van der Waals surface area contributed by atoms with Gasteiger partial charge < -0.3 is 9.97 Å². The molecule has 8 nitrogen and oxygen atoms in total. The number of hydrogen-bond donors (Lipinski definition) is 2. The second-order valence-corrected chi connectivity index (χ2v) is 17.9. The maximum atomic E-state index is 14.8. The first kappa shape index (κ1) is 49.0. The number of halogens is 12. The van der Waals surface area contributed by atoms with Crippen molar-refractivity contribution in [3.8, 4) is 0 Å². The molecule has 0 saturated carbocycles. The second-order valence-electron chi connectivity index (χ2n) is 17.9. The summed E-state index contributed by atoms with van der Waals surface area (Å²) in [6.07, 6.45) is -19.9. The molecular weight excluding hydrogens is 933 g/mol. The average molecular weight is 975 g/mol. The lowest BCUT2D eigenvalue weighted by Crippen LogP contribution is -2.40. The molecule has 2 amide bonds. The van der Waals surface area contributed by atoms with Gasteiger partial charge in [-0.25, -0.2) is 0 Å². The number of rotatable bonds is 6. The number of amides is 2. The van der Waals surface area contributed by atoms with Gasteiger partial charge in [0.05, 0.1) is 57.7 Å². The van der Waals surface area contributed by atoms with Crippen LogP contribution in [-0.4, -0.2) is 42.4 Å². The van der Waals surface area contributed by atoms with Crippen LogP contribution in [0.5, 0.6) is 0 Å². The van der Waals surface area contributed by atoms with Gasteiger partial charge in [0, 0.05) is 68.6 Å². The first-order valence-electron chi connectivity index (χ1n) is 21.7. The van der Waals surface area contributed by atoms with Crippen molar-refractivity contribution in [1.29, 1.82) is 0 Å². The van der Waals surface area contributed by atoms with Crippen molar-refractivity contribution in [2.24, 2.45) is 4.99 Å². The van der Waals surface area contributed by atoms with Gasteiger partial charge in [0.1, 0.15) is 0 Å². The maximum absolute atomic E-state index is 14.8. The van der Waals surface area contributed by atoms with Gasteiger partial charge >= 0.3 is 24.7 Å². The number of alkyl halides is 12. The van der Waals surface area contributed by atoms with E-state index in [9.17, 15) is 62.3 Å². The zero-order chi connectivity index (χ0) is 50.6. The minimum Gasteiger partial charge on any atom is -0.355 e. The van der Waals surface area contributed by atoms with Crippen LogP contribution in [0.2, 0.25) is 0 Å². The first-order valence-corrected chi connectivity index (χ1v) is 21.7. The van der Waals surface area contributed by atoms with E-state index in [4.69, 9.17) is 9.97 Å². The van der Waals surface area contributed by atoms with Gasteiger partial charge in [-0.2, -0.15) is 52.7 Å². The van der Waals surface area contributed by atoms with E-state index in [0.29, 0.717) is 85.9 Å². The predicted molar refractivity (Wildman–Crippen MR) is 232 cm³/mol. The molecule has 8 rings (SSSR count). The molecule has 5 aromatic rings. The van der Waals surface area contributed by atoms with Crippen LogP contribution in [0.25, 0.3) is 22.1 Å². The summed E-state index contributed by atoms with van der Waals surface area (Å²) in [5, 5.41) is 0. The fourth-order valence-corrected chi connectivity index (χ4v) is 9.50. The van der Waals surface area contributed by atoms with E-state index in [1.165, 1.54) is 0 Å². The molecule has 6 heterocycles. The van der Waals surface area contributed by atoms with Crippen LogP contribution < -0.4 is 0 Å². The lowest BCUT2D eigenvalue weighted by Gasteiger charge is -2.27. The third-order valence-corrected chi connectivity index (χ3v) is 13.4. The highest BCUT2D eigenvalue weighted by Crippen LogP contribution is 2.45. The molecule has 3 aliphatic rings. The predicted octanol–water partition coefficient (Wildman–Crippen LogP) is 14.0. The van der Waals surface area contributed by atoms with Gasteiger partial charge in [0.15, 0.2) is 0 Å². The SMILES string of the molecule is CC[C@H]1c2cc3[nH]c4c(c5nc(cc6[nH]c(cc(n2)[C@@H]1C)c(/C(C)=N\Cc1cc(C(F)(F)F)cc(C(F)(F)F)c1)c6C)[C@@H](C)[C@@H]5C)C(=O)N(Cc1cc(C(F)(F)F)cc(C(F)(F)F)c1)C(=O)c4c3C. The van der Waals surface area contributed by atoms with Crippen molar-refractivity contribution >= 4 is 39.6 Å². The average Bonchev–Trinajstić information content (AvgIpc) is 3.93. The number of nitrogens with zero attached hydrogens (tertiary/aromatic N) is 4. The highest BCUT2D eigenvalue weighted by Gasteiger charge is 2.42. The number of carbonyl (C=O) groups excluding carboxylic acids is 2. The summed E-state index contributed by atoms with van der Waals surface area (Å²) in [5.41, 5.74) is -2.46. The zero-order valence-electron chi connectivity index (χ0n) is 37.8. The molecule has 20 heteroatoms. The Labute approximate surface area is 385 Å². The molecule has 4 atom stereocenters. The minimum atomic E-state index is -5.19. The quantitative estimate of drug-likeness (QED) is 0.100. The van der Waals surface area contributed by atoms with E-state index in [2.05, 4.69) is 15.0 Å². The van der Waals surface area contributed by atoms with E-state index in [1.54, 1.807) is 45.9 Å². The number of aromatic amines is 2. The van der Waals surface area contributed by atoms with Crippen molar-refractivity contribution in [3.05, 3.63) is 139 Å². The van der Waals surface area contributed by atoms with Gasteiger partial charge in [-0.05, 0) is 104 Å². The highest BCUT2D eigenvalue weighted by molar-refractivity contribution is 6.23. The molecule has 0 unspecified atom stereocenters. The summed E-state index contributed by atoms with van der Waals surface area (Å²) in [6, 6.07) is 7.38. The van der Waals surface area contributed by atoms with E-state index in [0.717, 1.165) is 0 Å². The first-order chi connectivity index (χ1) is 32.0. The Balaban J connectivity index is 1.36. The third kappa shape index (κ3) is 8.90. The minimum absolute atomic E-state index is 0.0257. The van der Waals surface area contributed by atoms with Crippen molar-refractivity contribution in [3.63, 3.8) is 0 Å². The van der Waals surface area contributed by atoms with E-state index >= 15 is 0 Å². The summed E-state index contributed by atoms with van der Waals surface area (Å²) in [5.74, 6) is -3.41. The number of hydrogen-bond acceptors (Lipinski definition) is 5. The lowest BCUT2D eigenvalue weighted by molar-refractivity contribution is -0.144. The standard InChI is InChI=1S/C49H42F12N6O2/c1-8-32-22(4)34-17-38-39(25(7)62-18-26-9-28(46(50,51)52)13-29(10-26)47(53,54)55)23(5)35(64-38)15-33-20(2)21(3)42(65-33)41-43-40(24(6)36(66-43)16-37(32)63-34)44(68)67(45(41)69)19-27-11-30(48(56,57)58)14-31(12-27)49(59,60)61/h9-17,20-22,32,64,66H,8,18-19H2,1-7H3/b33-15?,34-17?,35-15?,36-16?,37-16?,38-17?,42-41?,62-25-/t20-,21-,22+,32+/m0/s1. The zero-order valence-corrected chi connectivity index (χ0v) is 37.8. The molecule has 2 aromatic carbocycles. The Hall–Kier alpha value is -6.47. The molecule has 0 radical (unpaired) electrons. The van der Waals surface area contributed by atoms with E-state index in [1.807, 2.05) is 20.8 Å². The van der Waals surface area contributed by atoms with Crippen LogP contribution in [0.3, 0.4) is 0 Å².